The molecular formula is H2O2RuSr. The first kappa shape index (κ1) is 37.1. The van der Waals surface area contributed by atoms with Gasteiger partial charge in [-0.3, -0.25) is 0 Å². The molecule has 24 valence electrons. The van der Waals surface area contributed by atoms with Gasteiger partial charge in [0.05, 0.1) is 0 Å². The van der Waals surface area contributed by atoms with Crippen LogP contribution in [0.25, 0.3) is 0 Å². The van der Waals surface area contributed by atoms with Gasteiger partial charge in [0.1, 0.15) is 0 Å². The van der Waals surface area contributed by atoms with E-state index in [-0.39, 0.29) is 78.8 Å². The van der Waals surface area contributed by atoms with Crippen molar-refractivity contribution < 1.29 is 33.3 Å². The number of hydrogen-bond donors (Lipinski definition) is 0. The molecule has 0 bridgehead atoms. The van der Waals surface area contributed by atoms with Crippen LogP contribution >= 0.6 is 0 Å². The zero-order valence-electron chi connectivity index (χ0n) is 3.88. The SMILES string of the molecule is [H-].[H-].[O-2].[O-2].[Ru+4].[Sr+2]. The topological polar surface area (TPSA) is 57.0 Å². The second kappa shape index (κ2) is 19.9. The molecule has 0 saturated heterocycles. The summed E-state index contributed by atoms with van der Waals surface area (Å²) in [5, 5.41) is 0. The molecular weight excluding hydrogens is 221 g/mol. The van der Waals surface area contributed by atoms with Crippen molar-refractivity contribution in [2.24, 2.45) is 0 Å². The van der Waals surface area contributed by atoms with Crippen molar-refractivity contribution in [2.75, 3.05) is 0 Å². The van der Waals surface area contributed by atoms with Gasteiger partial charge in [-0.25, -0.2) is 0 Å². The average molecular weight is 223 g/mol. The third-order valence-electron chi connectivity index (χ3n) is 0. The van der Waals surface area contributed by atoms with E-state index in [0.29, 0.717) is 0 Å². The first-order valence-electron chi connectivity index (χ1n) is 0. The molecule has 4 heteroatoms. The Morgan fingerprint density at radius 1 is 1.00 bits per heavy atom. The summed E-state index contributed by atoms with van der Waals surface area (Å²) in [5.74, 6) is 0. The Kier molecular flexibility index (Phi) is 184. The van der Waals surface area contributed by atoms with Crippen molar-refractivity contribution >= 4 is 45.5 Å². The molecule has 0 amide bonds. The van der Waals surface area contributed by atoms with Crippen LogP contribution in [0, 0.1) is 0 Å². The van der Waals surface area contributed by atoms with Gasteiger partial charge in [-0.2, -0.15) is 0 Å². The minimum absolute atomic E-state index is 0. The third-order valence-corrected chi connectivity index (χ3v) is 0. The predicted octanol–water partition coefficient (Wildman–Crippen LogP) is -0.396. The van der Waals surface area contributed by atoms with Crippen molar-refractivity contribution in [1.82, 2.24) is 0 Å². The van der Waals surface area contributed by atoms with E-state index in [1.807, 2.05) is 0 Å². The Labute approximate surface area is 77.6 Å². The molecule has 4 heavy (non-hydrogen) atoms. The van der Waals surface area contributed by atoms with E-state index in [1.165, 1.54) is 0 Å². The monoisotopic (exact) mass is 224 g/mol. The fourth-order valence-electron chi connectivity index (χ4n) is 0. The molecule has 0 heterocycles. The van der Waals surface area contributed by atoms with E-state index >= 15 is 0 Å². The van der Waals surface area contributed by atoms with Crippen LogP contribution in [0.2, 0.25) is 0 Å². The molecule has 0 saturated carbocycles. The van der Waals surface area contributed by atoms with Crippen LogP contribution in [0.3, 0.4) is 0 Å². The molecule has 2 nitrogen and oxygen atoms in total. The molecule has 0 radical (unpaired) electrons. The van der Waals surface area contributed by atoms with Gasteiger partial charge in [-0.15, -0.1) is 0 Å². The Morgan fingerprint density at radius 3 is 1.00 bits per heavy atom. The molecule has 0 atom stereocenters. The molecule has 0 fully saturated rings. The van der Waals surface area contributed by atoms with Crippen molar-refractivity contribution in [2.45, 2.75) is 0 Å². The zero-order valence-corrected chi connectivity index (χ0v) is 7.09. The van der Waals surface area contributed by atoms with Crippen molar-refractivity contribution in [1.29, 1.82) is 0 Å². The maximum atomic E-state index is 0. The predicted molar refractivity (Wildman–Crippen MR) is 9.35 cm³/mol. The fourth-order valence-corrected chi connectivity index (χ4v) is 0. The van der Waals surface area contributed by atoms with Gasteiger partial charge in [0, 0.05) is 0 Å². The summed E-state index contributed by atoms with van der Waals surface area (Å²) in [4.78, 5) is 0. The Hall–Kier alpha value is 2.02. The molecule has 0 rings (SSSR count). The van der Waals surface area contributed by atoms with E-state index < -0.39 is 0 Å². The summed E-state index contributed by atoms with van der Waals surface area (Å²) in [6.45, 7) is 0. The Morgan fingerprint density at radius 2 is 1.00 bits per heavy atom. The average Bonchev–Trinajstić information content (AvgIpc) is 0. The molecule has 0 aliphatic rings. The minimum atomic E-state index is 0. The van der Waals surface area contributed by atoms with E-state index in [9.17, 15) is 0 Å². The van der Waals surface area contributed by atoms with E-state index in [1.54, 1.807) is 0 Å². The van der Waals surface area contributed by atoms with Crippen LogP contribution in [-0.4, -0.2) is 45.5 Å². The van der Waals surface area contributed by atoms with Crippen LogP contribution in [0.1, 0.15) is 2.85 Å². The normalized spacial score (nSPS) is 0. The molecule has 0 aromatic carbocycles. The number of rotatable bonds is 0. The van der Waals surface area contributed by atoms with Gasteiger partial charge < -0.3 is 13.8 Å². The van der Waals surface area contributed by atoms with Crippen LogP contribution in [0.15, 0.2) is 0 Å². The van der Waals surface area contributed by atoms with Gasteiger partial charge in [0.25, 0.3) is 0 Å². The molecule has 0 unspecified atom stereocenters. The first-order chi connectivity index (χ1) is 0. The minimum Gasteiger partial charge on any atom is -2.00 e. The molecule has 0 N–H and O–H groups in total. The quantitative estimate of drug-likeness (QED) is 0.501. The molecule has 0 spiro atoms. The van der Waals surface area contributed by atoms with Gasteiger partial charge >= 0.3 is 65.0 Å². The summed E-state index contributed by atoms with van der Waals surface area (Å²) >= 11 is 0. The van der Waals surface area contributed by atoms with Gasteiger partial charge in [0.15, 0.2) is 0 Å². The van der Waals surface area contributed by atoms with E-state index in [0.717, 1.165) is 0 Å². The van der Waals surface area contributed by atoms with Gasteiger partial charge in [-0.1, -0.05) is 0 Å². The van der Waals surface area contributed by atoms with E-state index in [4.69, 9.17) is 0 Å². The molecule has 0 aromatic rings. The zero-order chi connectivity index (χ0) is 0. The standard InChI is InChI=1S/2O.Ru.Sr.2H/q2*-2;+4;+2;2*-1. The van der Waals surface area contributed by atoms with Crippen LogP contribution in [0.4, 0.5) is 0 Å². The van der Waals surface area contributed by atoms with Crippen molar-refractivity contribution in [3.8, 4) is 0 Å². The molecule has 0 aliphatic carbocycles. The smallest absolute Gasteiger partial charge is 2.00 e. The van der Waals surface area contributed by atoms with Crippen molar-refractivity contribution in [3.63, 3.8) is 0 Å². The number of hydrogen-bond acceptors (Lipinski definition) is 0. The Balaban J connectivity index is 0. The summed E-state index contributed by atoms with van der Waals surface area (Å²) in [7, 11) is 0. The van der Waals surface area contributed by atoms with Gasteiger partial charge in [0.2, 0.25) is 0 Å². The second-order valence-electron chi connectivity index (χ2n) is 0. The largest absolute Gasteiger partial charge is 4.00 e. The molecule has 0 aliphatic heterocycles. The molecule has 0 aromatic heterocycles. The van der Waals surface area contributed by atoms with Crippen LogP contribution in [-0.2, 0) is 30.4 Å². The van der Waals surface area contributed by atoms with Crippen LogP contribution in [0.5, 0.6) is 0 Å². The summed E-state index contributed by atoms with van der Waals surface area (Å²) in [6, 6.07) is 0. The van der Waals surface area contributed by atoms with Crippen LogP contribution < -0.4 is 0 Å². The summed E-state index contributed by atoms with van der Waals surface area (Å²) in [5.41, 5.74) is 0. The Bertz CT molecular complexity index is 11.5. The first-order valence-corrected chi connectivity index (χ1v) is 0. The maximum absolute atomic E-state index is 0. The third kappa shape index (κ3) is 8.98. The summed E-state index contributed by atoms with van der Waals surface area (Å²) < 4.78 is 0. The fraction of sp³-hybridized carbons (Fsp3) is 0. The summed E-state index contributed by atoms with van der Waals surface area (Å²) in [6.07, 6.45) is 0. The van der Waals surface area contributed by atoms with E-state index in [2.05, 4.69) is 0 Å². The maximum Gasteiger partial charge on any atom is 4.00 e. The van der Waals surface area contributed by atoms with Gasteiger partial charge in [-0.05, 0) is 0 Å². The van der Waals surface area contributed by atoms with Crippen molar-refractivity contribution in [3.05, 3.63) is 0 Å². The second-order valence-corrected chi connectivity index (χ2v) is 0.